The van der Waals surface area contributed by atoms with E-state index in [-0.39, 0.29) is 16.4 Å². The van der Waals surface area contributed by atoms with Crippen LogP contribution in [0.15, 0.2) is 23.1 Å². The van der Waals surface area contributed by atoms with Crippen LogP contribution in [0.1, 0.15) is 21.6 Å². The van der Waals surface area contributed by atoms with Gasteiger partial charge >= 0.3 is 0 Å². The van der Waals surface area contributed by atoms with Gasteiger partial charge in [-0.05, 0) is 37.1 Å². The largest absolute Gasteiger partial charge is 0.496 e. The first-order valence-corrected chi connectivity index (χ1v) is 7.76. The van der Waals surface area contributed by atoms with Crippen LogP contribution in [-0.4, -0.2) is 31.6 Å². The van der Waals surface area contributed by atoms with Crippen LogP contribution in [-0.2, 0) is 10.0 Å². The smallest absolute Gasteiger partial charge is 0.266 e. The summed E-state index contributed by atoms with van der Waals surface area (Å²) < 4.78 is 32.3. The Kier molecular flexibility index (Phi) is 4.09. The fourth-order valence-corrected chi connectivity index (χ4v) is 3.27. The summed E-state index contributed by atoms with van der Waals surface area (Å²) in [7, 11) is -2.33. The van der Waals surface area contributed by atoms with E-state index >= 15 is 0 Å². The first-order chi connectivity index (χ1) is 10.2. The predicted molar refractivity (Wildman–Crippen MR) is 80.4 cm³/mol. The summed E-state index contributed by atoms with van der Waals surface area (Å²) in [5.41, 5.74) is 6.31. The van der Waals surface area contributed by atoms with Gasteiger partial charge in [0.2, 0.25) is 0 Å². The van der Waals surface area contributed by atoms with Crippen molar-refractivity contribution in [3.63, 3.8) is 0 Å². The molecule has 0 bridgehead atoms. The van der Waals surface area contributed by atoms with Gasteiger partial charge < -0.3 is 10.5 Å². The first-order valence-electron chi connectivity index (χ1n) is 6.28. The number of benzene rings is 1. The molecule has 0 aliphatic carbocycles. The maximum Gasteiger partial charge on any atom is 0.266 e. The summed E-state index contributed by atoms with van der Waals surface area (Å²) in [6.45, 7) is 3.41. The molecule has 0 aliphatic heterocycles. The van der Waals surface area contributed by atoms with E-state index in [4.69, 9.17) is 10.5 Å². The molecule has 1 aromatic heterocycles. The topological polar surface area (TPSA) is 127 Å². The highest BCUT2D eigenvalue weighted by Crippen LogP contribution is 2.26. The summed E-state index contributed by atoms with van der Waals surface area (Å²) in [5.74, 6) is -0.136. The van der Waals surface area contributed by atoms with Gasteiger partial charge in [-0.1, -0.05) is 0 Å². The van der Waals surface area contributed by atoms with Gasteiger partial charge in [0.1, 0.15) is 11.4 Å². The standard InChI is InChI=1S/C13H16N4O4S/c1-7-5-11(8(2)4-10(7)21-3)22(19,20)17-12-6-9(13(14)18)15-16-12/h4-6H,1-3H3,(H2,14,18)(H2,15,16,17). The summed E-state index contributed by atoms with van der Waals surface area (Å²) in [5, 5.41) is 6.05. The second-order valence-corrected chi connectivity index (χ2v) is 6.37. The number of nitrogens with one attached hydrogen (secondary N) is 2. The minimum atomic E-state index is -3.84. The highest BCUT2D eigenvalue weighted by atomic mass is 32.2. The molecule has 8 nitrogen and oxygen atoms in total. The SMILES string of the molecule is COc1cc(C)c(S(=O)(=O)Nc2cc(C(N)=O)[nH]n2)cc1C. The van der Waals surface area contributed by atoms with E-state index in [0.29, 0.717) is 16.9 Å². The normalized spacial score (nSPS) is 11.2. The van der Waals surface area contributed by atoms with Crippen molar-refractivity contribution in [3.8, 4) is 5.75 Å². The van der Waals surface area contributed by atoms with Gasteiger partial charge in [-0.2, -0.15) is 5.10 Å². The van der Waals surface area contributed by atoms with Gasteiger partial charge in [-0.25, -0.2) is 8.42 Å². The fraction of sp³-hybridized carbons (Fsp3) is 0.231. The molecule has 0 unspecified atom stereocenters. The van der Waals surface area contributed by atoms with Crippen molar-refractivity contribution in [1.29, 1.82) is 0 Å². The molecule has 1 aromatic carbocycles. The number of carbonyl (C=O) groups is 1. The number of hydrogen-bond acceptors (Lipinski definition) is 5. The van der Waals surface area contributed by atoms with E-state index < -0.39 is 15.9 Å². The minimum absolute atomic E-state index is 0.0123. The minimum Gasteiger partial charge on any atom is -0.496 e. The van der Waals surface area contributed by atoms with Crippen LogP contribution in [0.5, 0.6) is 5.75 Å². The summed E-state index contributed by atoms with van der Waals surface area (Å²) in [4.78, 5) is 11.1. The average molecular weight is 324 g/mol. The van der Waals surface area contributed by atoms with Gasteiger partial charge in [0.25, 0.3) is 15.9 Å². The Morgan fingerprint density at radius 1 is 1.27 bits per heavy atom. The quantitative estimate of drug-likeness (QED) is 0.754. The number of sulfonamides is 1. The van der Waals surface area contributed by atoms with E-state index in [2.05, 4.69) is 14.9 Å². The van der Waals surface area contributed by atoms with E-state index in [1.165, 1.54) is 19.2 Å². The van der Waals surface area contributed by atoms with Crippen LogP contribution in [0.4, 0.5) is 5.82 Å². The van der Waals surface area contributed by atoms with Crippen molar-refractivity contribution in [2.45, 2.75) is 18.7 Å². The van der Waals surface area contributed by atoms with E-state index in [1.807, 2.05) is 0 Å². The van der Waals surface area contributed by atoms with Crippen LogP contribution < -0.4 is 15.2 Å². The van der Waals surface area contributed by atoms with Crippen molar-refractivity contribution in [2.24, 2.45) is 5.73 Å². The number of amides is 1. The molecule has 2 rings (SSSR count). The number of methoxy groups -OCH3 is 1. The molecule has 0 spiro atoms. The average Bonchev–Trinajstić information content (AvgIpc) is 2.88. The molecule has 9 heteroatoms. The van der Waals surface area contributed by atoms with Gasteiger partial charge in [-0.3, -0.25) is 14.6 Å². The molecule has 0 radical (unpaired) electrons. The number of rotatable bonds is 5. The van der Waals surface area contributed by atoms with Crippen LogP contribution in [0, 0.1) is 13.8 Å². The third-order valence-corrected chi connectivity index (χ3v) is 4.56. The second-order valence-electron chi connectivity index (χ2n) is 4.72. The third kappa shape index (κ3) is 3.03. The Labute approximate surface area is 127 Å². The Morgan fingerprint density at radius 2 is 1.95 bits per heavy atom. The zero-order valence-corrected chi connectivity index (χ0v) is 13.1. The van der Waals surface area contributed by atoms with Crippen LogP contribution in [0.2, 0.25) is 0 Å². The Morgan fingerprint density at radius 3 is 2.50 bits per heavy atom. The number of aromatic amines is 1. The number of anilines is 1. The Balaban J connectivity index is 2.38. The molecule has 118 valence electrons. The number of hydrogen-bond donors (Lipinski definition) is 3. The maximum atomic E-state index is 12.4. The molecule has 0 saturated carbocycles. The number of aryl methyl sites for hydroxylation is 2. The molecule has 2 aromatic rings. The Bertz CT molecular complexity index is 827. The number of primary amides is 1. The number of nitrogens with zero attached hydrogens (tertiary/aromatic N) is 1. The van der Waals surface area contributed by atoms with Crippen molar-refractivity contribution >= 4 is 21.7 Å². The second kappa shape index (κ2) is 5.68. The zero-order valence-electron chi connectivity index (χ0n) is 12.3. The van der Waals surface area contributed by atoms with E-state index in [1.54, 1.807) is 19.9 Å². The van der Waals surface area contributed by atoms with Crippen molar-refractivity contribution in [3.05, 3.63) is 35.0 Å². The highest BCUT2D eigenvalue weighted by molar-refractivity contribution is 7.92. The number of nitrogens with two attached hydrogens (primary N) is 1. The lowest BCUT2D eigenvalue weighted by atomic mass is 10.1. The monoisotopic (exact) mass is 324 g/mol. The van der Waals surface area contributed by atoms with E-state index in [9.17, 15) is 13.2 Å². The Hall–Kier alpha value is -2.55. The lowest BCUT2D eigenvalue weighted by molar-refractivity contribution is 0.0995. The van der Waals surface area contributed by atoms with Crippen molar-refractivity contribution < 1.29 is 17.9 Å². The summed E-state index contributed by atoms with van der Waals surface area (Å²) >= 11 is 0. The van der Waals surface area contributed by atoms with Crippen LogP contribution >= 0.6 is 0 Å². The third-order valence-electron chi connectivity index (χ3n) is 3.06. The summed E-state index contributed by atoms with van der Waals surface area (Å²) in [6.07, 6.45) is 0. The van der Waals surface area contributed by atoms with Gasteiger partial charge in [0, 0.05) is 6.07 Å². The number of ether oxygens (including phenoxy) is 1. The molecule has 4 N–H and O–H groups in total. The first kappa shape index (κ1) is 15.8. The number of aromatic nitrogens is 2. The highest BCUT2D eigenvalue weighted by Gasteiger charge is 2.20. The van der Waals surface area contributed by atoms with Crippen molar-refractivity contribution in [1.82, 2.24) is 10.2 Å². The predicted octanol–water partition coefficient (Wildman–Crippen LogP) is 0.935. The number of carbonyl (C=O) groups excluding carboxylic acids is 1. The molecular weight excluding hydrogens is 308 g/mol. The van der Waals surface area contributed by atoms with Crippen molar-refractivity contribution in [2.75, 3.05) is 11.8 Å². The molecule has 1 heterocycles. The summed E-state index contributed by atoms with van der Waals surface area (Å²) in [6, 6.07) is 4.38. The number of H-pyrrole nitrogens is 1. The molecule has 1 amide bonds. The lowest BCUT2D eigenvalue weighted by Crippen LogP contribution is -2.15. The molecule has 0 saturated heterocycles. The van der Waals surface area contributed by atoms with Gasteiger partial charge in [-0.15, -0.1) is 0 Å². The van der Waals surface area contributed by atoms with E-state index in [0.717, 1.165) is 0 Å². The zero-order chi connectivity index (χ0) is 16.5. The lowest BCUT2D eigenvalue weighted by Gasteiger charge is -2.12. The molecule has 0 atom stereocenters. The van der Waals surface area contributed by atoms with Crippen LogP contribution in [0.25, 0.3) is 0 Å². The molecular formula is C13H16N4O4S. The van der Waals surface area contributed by atoms with Crippen LogP contribution in [0.3, 0.4) is 0 Å². The fourth-order valence-electron chi connectivity index (χ4n) is 1.97. The molecule has 22 heavy (non-hydrogen) atoms. The van der Waals surface area contributed by atoms with Gasteiger partial charge in [0.05, 0.1) is 12.0 Å². The van der Waals surface area contributed by atoms with Gasteiger partial charge in [0.15, 0.2) is 5.82 Å². The maximum absolute atomic E-state index is 12.4. The molecule has 0 aliphatic rings. The molecule has 0 fully saturated rings.